The molecule has 1 amide bonds. The Bertz CT molecular complexity index is 457. The summed E-state index contributed by atoms with van der Waals surface area (Å²) in [6.07, 6.45) is 0.405. The molecular weight excluding hydrogens is 330 g/mol. The Morgan fingerprint density at radius 3 is 2.63 bits per heavy atom. The first-order valence-electron chi connectivity index (χ1n) is 6.07. The van der Waals surface area contributed by atoms with Crippen molar-refractivity contribution in [2.45, 2.75) is 32.8 Å². The fourth-order valence-electron chi connectivity index (χ4n) is 1.45. The molecule has 0 saturated carbocycles. The van der Waals surface area contributed by atoms with Crippen molar-refractivity contribution in [1.82, 2.24) is 4.90 Å². The number of carbonyl (C=O) groups is 1. The zero-order chi connectivity index (χ0) is 14.6. The second kappa shape index (κ2) is 6.62. The number of amides is 1. The monoisotopic (exact) mass is 347 g/mol. The van der Waals surface area contributed by atoms with E-state index in [1.807, 2.05) is 39.0 Å². The van der Waals surface area contributed by atoms with Gasteiger partial charge in [-0.05, 0) is 51.0 Å². The number of hydrogen-bond donors (Lipinski definition) is 0. The quantitative estimate of drug-likeness (QED) is 0.804. The predicted molar refractivity (Wildman–Crippen MR) is 81.7 cm³/mol. The fourth-order valence-corrected chi connectivity index (χ4v) is 2.09. The molecule has 0 spiro atoms. The van der Waals surface area contributed by atoms with Gasteiger partial charge in [-0.2, -0.15) is 0 Å². The van der Waals surface area contributed by atoms with Crippen molar-refractivity contribution < 1.29 is 9.53 Å². The van der Waals surface area contributed by atoms with Gasteiger partial charge in [-0.1, -0.05) is 27.5 Å². The van der Waals surface area contributed by atoms with E-state index in [4.69, 9.17) is 16.3 Å². The first-order chi connectivity index (χ1) is 8.69. The number of benzene rings is 1. The van der Waals surface area contributed by atoms with Crippen LogP contribution in [0.2, 0.25) is 5.02 Å². The molecule has 0 heterocycles. The van der Waals surface area contributed by atoms with Gasteiger partial charge in [0, 0.05) is 23.1 Å². The molecule has 0 unspecified atom stereocenters. The lowest BCUT2D eigenvalue weighted by Gasteiger charge is -2.24. The third-order valence-corrected chi connectivity index (χ3v) is 3.44. The minimum absolute atomic E-state index is 0.314. The summed E-state index contributed by atoms with van der Waals surface area (Å²) in [7, 11) is 1.73. The molecule has 0 aliphatic carbocycles. The Morgan fingerprint density at radius 2 is 2.05 bits per heavy atom. The van der Waals surface area contributed by atoms with Gasteiger partial charge in [0.1, 0.15) is 5.60 Å². The topological polar surface area (TPSA) is 29.5 Å². The van der Waals surface area contributed by atoms with Crippen LogP contribution in [0, 0.1) is 0 Å². The van der Waals surface area contributed by atoms with Gasteiger partial charge in [-0.15, -0.1) is 0 Å². The largest absolute Gasteiger partial charge is 0.444 e. The highest BCUT2D eigenvalue weighted by Gasteiger charge is 2.19. The van der Waals surface area contributed by atoms with Crippen molar-refractivity contribution in [2.24, 2.45) is 0 Å². The molecule has 19 heavy (non-hydrogen) atoms. The van der Waals surface area contributed by atoms with Crippen molar-refractivity contribution in [1.29, 1.82) is 0 Å². The van der Waals surface area contributed by atoms with Crippen LogP contribution in [0.4, 0.5) is 4.79 Å². The normalized spacial score (nSPS) is 11.3. The first kappa shape index (κ1) is 16.3. The van der Waals surface area contributed by atoms with E-state index in [0.29, 0.717) is 11.6 Å². The summed E-state index contributed by atoms with van der Waals surface area (Å²) in [6.45, 7) is 6.14. The molecular formula is C14H19BrClNO2. The van der Waals surface area contributed by atoms with E-state index >= 15 is 0 Å². The Balaban J connectivity index is 2.56. The third kappa shape index (κ3) is 5.83. The lowest BCUT2D eigenvalue weighted by molar-refractivity contribution is 0.0300. The number of nitrogens with zero attached hydrogens (tertiary/aromatic N) is 1. The molecule has 1 aromatic carbocycles. The minimum atomic E-state index is -0.470. The van der Waals surface area contributed by atoms with Crippen LogP contribution in [0.1, 0.15) is 26.3 Å². The van der Waals surface area contributed by atoms with Gasteiger partial charge in [0.05, 0.1) is 0 Å². The van der Waals surface area contributed by atoms with Crippen molar-refractivity contribution >= 4 is 33.6 Å². The maximum atomic E-state index is 11.8. The van der Waals surface area contributed by atoms with Gasteiger partial charge in [-0.3, -0.25) is 0 Å². The summed E-state index contributed by atoms with van der Waals surface area (Å²) in [5.41, 5.74) is 0.602. The molecule has 106 valence electrons. The molecule has 0 saturated heterocycles. The number of ether oxygens (including phenoxy) is 1. The maximum Gasteiger partial charge on any atom is 0.410 e. The van der Waals surface area contributed by atoms with E-state index < -0.39 is 5.60 Å². The predicted octanol–water partition coefficient (Wildman–Crippen LogP) is 4.51. The summed E-state index contributed by atoms with van der Waals surface area (Å²) < 4.78 is 6.29. The maximum absolute atomic E-state index is 11.8. The van der Waals surface area contributed by atoms with Gasteiger partial charge in [0.25, 0.3) is 0 Å². The van der Waals surface area contributed by atoms with Crippen LogP contribution < -0.4 is 0 Å². The van der Waals surface area contributed by atoms with Crippen molar-refractivity contribution in [3.63, 3.8) is 0 Å². The van der Waals surface area contributed by atoms with Crippen molar-refractivity contribution in [3.8, 4) is 0 Å². The van der Waals surface area contributed by atoms with E-state index in [9.17, 15) is 4.79 Å². The van der Waals surface area contributed by atoms with Crippen LogP contribution >= 0.6 is 27.5 Å². The van der Waals surface area contributed by atoms with Gasteiger partial charge in [-0.25, -0.2) is 4.79 Å². The number of halogens is 2. The minimum Gasteiger partial charge on any atom is -0.444 e. The Hall–Kier alpha value is -0.740. The van der Waals surface area contributed by atoms with E-state index in [0.717, 1.165) is 16.5 Å². The summed E-state index contributed by atoms with van der Waals surface area (Å²) in [5, 5.41) is 0.693. The highest BCUT2D eigenvalue weighted by atomic mass is 79.9. The van der Waals surface area contributed by atoms with Crippen LogP contribution in [0.15, 0.2) is 22.7 Å². The summed E-state index contributed by atoms with van der Waals surface area (Å²) >= 11 is 9.43. The van der Waals surface area contributed by atoms with Crippen LogP contribution in [0.3, 0.4) is 0 Å². The summed E-state index contributed by atoms with van der Waals surface area (Å²) in [6, 6.07) is 5.63. The molecule has 1 aromatic rings. The average molecular weight is 349 g/mol. The Morgan fingerprint density at radius 1 is 1.42 bits per heavy atom. The summed E-state index contributed by atoms with van der Waals surface area (Å²) in [5.74, 6) is 0. The molecule has 0 bridgehead atoms. The fraction of sp³-hybridized carbons (Fsp3) is 0.500. The van der Waals surface area contributed by atoms with Gasteiger partial charge >= 0.3 is 6.09 Å². The molecule has 0 radical (unpaired) electrons. The van der Waals surface area contributed by atoms with Gasteiger partial charge in [0.15, 0.2) is 0 Å². The molecule has 0 aliphatic rings. The smallest absolute Gasteiger partial charge is 0.410 e. The van der Waals surface area contributed by atoms with Crippen LogP contribution in [0.25, 0.3) is 0 Å². The number of likely N-dealkylation sites (N-methyl/N-ethyl adjacent to an activating group) is 1. The lowest BCUT2D eigenvalue weighted by atomic mass is 10.1. The molecule has 1 rings (SSSR count). The second-order valence-electron chi connectivity index (χ2n) is 5.39. The SMILES string of the molecule is CN(CCc1cc(Cl)ccc1Br)C(=O)OC(C)(C)C. The molecule has 5 heteroatoms. The molecule has 3 nitrogen and oxygen atoms in total. The van der Waals surface area contributed by atoms with E-state index in [-0.39, 0.29) is 6.09 Å². The third-order valence-electron chi connectivity index (χ3n) is 2.43. The zero-order valence-corrected chi connectivity index (χ0v) is 14.0. The molecule has 0 atom stereocenters. The Labute approximate surface area is 128 Å². The second-order valence-corrected chi connectivity index (χ2v) is 6.68. The summed E-state index contributed by atoms with van der Waals surface area (Å²) in [4.78, 5) is 13.4. The number of rotatable bonds is 3. The number of hydrogen-bond acceptors (Lipinski definition) is 2. The molecule has 0 N–H and O–H groups in total. The lowest BCUT2D eigenvalue weighted by Crippen LogP contribution is -2.35. The first-order valence-corrected chi connectivity index (χ1v) is 7.24. The van der Waals surface area contributed by atoms with Crippen LogP contribution in [0.5, 0.6) is 0 Å². The Kier molecular flexibility index (Phi) is 5.68. The number of carbonyl (C=O) groups excluding carboxylic acids is 1. The highest BCUT2D eigenvalue weighted by Crippen LogP contribution is 2.22. The van der Waals surface area contributed by atoms with Crippen LogP contribution in [-0.4, -0.2) is 30.2 Å². The van der Waals surface area contributed by atoms with Gasteiger partial charge < -0.3 is 9.64 Å². The van der Waals surface area contributed by atoms with E-state index in [1.54, 1.807) is 11.9 Å². The van der Waals surface area contributed by atoms with E-state index in [1.165, 1.54) is 0 Å². The molecule has 0 aromatic heterocycles. The molecule has 0 aliphatic heterocycles. The van der Waals surface area contributed by atoms with Crippen LogP contribution in [-0.2, 0) is 11.2 Å². The zero-order valence-electron chi connectivity index (χ0n) is 11.7. The van der Waals surface area contributed by atoms with Gasteiger partial charge in [0.2, 0.25) is 0 Å². The average Bonchev–Trinajstić information content (AvgIpc) is 2.27. The van der Waals surface area contributed by atoms with Crippen molar-refractivity contribution in [2.75, 3.05) is 13.6 Å². The van der Waals surface area contributed by atoms with E-state index in [2.05, 4.69) is 15.9 Å². The molecule has 0 fully saturated rings. The standard InChI is InChI=1S/C14H19BrClNO2/c1-14(2,3)19-13(18)17(4)8-7-10-9-11(16)5-6-12(10)15/h5-6,9H,7-8H2,1-4H3. The highest BCUT2D eigenvalue weighted by molar-refractivity contribution is 9.10. The van der Waals surface area contributed by atoms with Crippen molar-refractivity contribution in [3.05, 3.63) is 33.3 Å².